The van der Waals surface area contributed by atoms with Crippen LogP contribution in [0.4, 0.5) is 0 Å². The van der Waals surface area contributed by atoms with Crippen LogP contribution < -0.4 is 0 Å². The second-order valence-corrected chi connectivity index (χ2v) is 9.82. The molecule has 0 spiro atoms. The van der Waals surface area contributed by atoms with Gasteiger partial charge in [-0.25, -0.2) is 4.79 Å². The monoisotopic (exact) mass is 200 g/mol. The number of hydrogen-bond donors (Lipinski definition) is 0. The van der Waals surface area contributed by atoms with E-state index in [-0.39, 0.29) is 11.7 Å². The molecule has 0 bridgehead atoms. The fourth-order valence-corrected chi connectivity index (χ4v) is 2.79. The van der Waals surface area contributed by atoms with Crippen molar-refractivity contribution in [3.05, 3.63) is 12.2 Å². The third-order valence-electron chi connectivity index (χ3n) is 1.93. The molecule has 0 N–H and O–H groups in total. The average molecular weight is 200 g/mol. The molecule has 0 aliphatic rings. The smallest absolute Gasteiger partial charge is 0.333 e. The Morgan fingerprint density at radius 3 is 2.15 bits per heavy atom. The topological polar surface area (TPSA) is 26.3 Å². The Morgan fingerprint density at radius 1 is 1.46 bits per heavy atom. The van der Waals surface area contributed by atoms with Gasteiger partial charge in [-0.3, -0.25) is 0 Å². The van der Waals surface area contributed by atoms with Crippen molar-refractivity contribution in [1.29, 1.82) is 0 Å². The largest absolute Gasteiger partial charge is 0.463 e. The Kier molecular flexibility index (Phi) is 4.40. The zero-order valence-corrected chi connectivity index (χ0v) is 10.3. The van der Waals surface area contributed by atoms with Crippen LogP contribution in [0.25, 0.3) is 0 Å². The molecule has 0 aromatic carbocycles. The van der Waals surface area contributed by atoms with Gasteiger partial charge in [-0.2, -0.15) is 0 Å². The average Bonchev–Trinajstić information content (AvgIpc) is 1.96. The molecule has 1 unspecified atom stereocenters. The van der Waals surface area contributed by atoms with Crippen LogP contribution in [-0.2, 0) is 9.53 Å². The Hall–Kier alpha value is -0.573. The molecular weight excluding hydrogens is 180 g/mol. The predicted molar refractivity (Wildman–Crippen MR) is 58.3 cm³/mol. The summed E-state index contributed by atoms with van der Waals surface area (Å²) in [7, 11) is -1.38. The van der Waals surface area contributed by atoms with Gasteiger partial charge in [0.1, 0.15) is 0 Å². The van der Waals surface area contributed by atoms with Gasteiger partial charge in [-0.05, 0) is 13.3 Å². The van der Waals surface area contributed by atoms with Crippen LogP contribution >= 0.6 is 0 Å². The van der Waals surface area contributed by atoms with Gasteiger partial charge in [-0.1, -0.05) is 33.1 Å². The molecule has 0 amide bonds. The first-order chi connectivity index (χ1) is 5.79. The molecular formula is C10H20O2Si. The van der Waals surface area contributed by atoms with E-state index < -0.39 is 8.07 Å². The van der Waals surface area contributed by atoms with E-state index in [1.54, 1.807) is 6.92 Å². The molecule has 1 atom stereocenters. The normalized spacial score (nSPS) is 13.6. The molecule has 0 aromatic rings. The molecule has 0 aliphatic carbocycles. The summed E-state index contributed by atoms with van der Waals surface area (Å²) in [5.74, 6) is -0.255. The highest BCUT2D eigenvalue weighted by Crippen LogP contribution is 2.15. The van der Waals surface area contributed by atoms with Crippen LogP contribution in [0.1, 0.15) is 20.3 Å². The van der Waals surface area contributed by atoms with Gasteiger partial charge in [0.15, 0.2) is 0 Å². The van der Waals surface area contributed by atoms with Gasteiger partial charge >= 0.3 is 5.97 Å². The quantitative estimate of drug-likeness (QED) is 0.396. The zero-order chi connectivity index (χ0) is 10.6. The molecule has 2 nitrogen and oxygen atoms in total. The lowest BCUT2D eigenvalue weighted by Gasteiger charge is -2.27. The van der Waals surface area contributed by atoms with E-state index in [0.717, 1.165) is 6.42 Å². The fourth-order valence-electron chi connectivity index (χ4n) is 1.10. The van der Waals surface area contributed by atoms with Gasteiger partial charge in [0, 0.05) is 5.57 Å². The molecule has 0 rings (SSSR count). The molecule has 13 heavy (non-hydrogen) atoms. The Balaban J connectivity index is 4.31. The van der Waals surface area contributed by atoms with E-state index in [1.165, 1.54) is 0 Å². The summed E-state index contributed by atoms with van der Waals surface area (Å²) in [6.07, 6.45) is 0.898. The Morgan fingerprint density at radius 2 is 1.92 bits per heavy atom. The molecule has 0 aliphatic heterocycles. The summed E-state index contributed by atoms with van der Waals surface area (Å²) in [6, 6.07) is 0. The highest BCUT2D eigenvalue weighted by atomic mass is 28.3. The predicted octanol–water partition coefficient (Wildman–Crippen LogP) is 2.76. The molecule has 0 radical (unpaired) electrons. The van der Waals surface area contributed by atoms with Crippen molar-refractivity contribution in [2.24, 2.45) is 0 Å². The number of hydrogen-bond acceptors (Lipinski definition) is 2. The van der Waals surface area contributed by atoms with E-state index in [9.17, 15) is 4.79 Å². The van der Waals surface area contributed by atoms with Gasteiger partial charge in [-0.15, -0.1) is 0 Å². The molecule has 76 valence electrons. The third-order valence-corrected chi connectivity index (χ3v) is 4.39. The SMILES string of the molecule is C=C(C)C(=O)OC(CC)[Si](C)(C)C. The molecule has 3 heteroatoms. The summed E-state index contributed by atoms with van der Waals surface area (Å²) in [5.41, 5.74) is 0.591. The second-order valence-electron chi connectivity index (χ2n) is 4.45. The maximum absolute atomic E-state index is 11.3. The first kappa shape index (κ1) is 12.4. The lowest BCUT2D eigenvalue weighted by molar-refractivity contribution is -0.141. The molecule has 0 heterocycles. The fraction of sp³-hybridized carbons (Fsp3) is 0.700. The van der Waals surface area contributed by atoms with Gasteiger partial charge in [0.05, 0.1) is 13.8 Å². The van der Waals surface area contributed by atoms with Crippen LogP contribution in [0.2, 0.25) is 19.6 Å². The van der Waals surface area contributed by atoms with Gasteiger partial charge < -0.3 is 4.74 Å². The van der Waals surface area contributed by atoms with Crippen LogP contribution in [-0.4, -0.2) is 19.8 Å². The summed E-state index contributed by atoms with van der Waals surface area (Å²) in [4.78, 5) is 11.3. The Labute approximate surface area is 82.0 Å². The minimum absolute atomic E-state index is 0.108. The number of esters is 1. The van der Waals surface area contributed by atoms with Crippen molar-refractivity contribution in [1.82, 2.24) is 0 Å². The minimum Gasteiger partial charge on any atom is -0.463 e. The first-order valence-corrected chi connectivity index (χ1v) is 8.23. The maximum atomic E-state index is 11.3. The highest BCUT2D eigenvalue weighted by molar-refractivity contribution is 6.77. The van der Waals surface area contributed by atoms with E-state index in [1.807, 2.05) is 0 Å². The van der Waals surface area contributed by atoms with Crippen LogP contribution in [0.5, 0.6) is 0 Å². The van der Waals surface area contributed by atoms with Crippen LogP contribution in [0.3, 0.4) is 0 Å². The number of rotatable bonds is 4. The van der Waals surface area contributed by atoms with Crippen LogP contribution in [0.15, 0.2) is 12.2 Å². The van der Waals surface area contributed by atoms with E-state index >= 15 is 0 Å². The van der Waals surface area contributed by atoms with Crippen LogP contribution in [0, 0.1) is 0 Å². The highest BCUT2D eigenvalue weighted by Gasteiger charge is 2.28. The maximum Gasteiger partial charge on any atom is 0.333 e. The van der Waals surface area contributed by atoms with Gasteiger partial charge in [0.2, 0.25) is 0 Å². The summed E-state index contributed by atoms with van der Waals surface area (Å²) < 4.78 is 5.35. The van der Waals surface area contributed by atoms with Crippen molar-refractivity contribution >= 4 is 14.0 Å². The molecule has 0 saturated carbocycles. The first-order valence-electron chi connectivity index (χ1n) is 4.65. The summed E-state index contributed by atoms with van der Waals surface area (Å²) >= 11 is 0. The summed E-state index contributed by atoms with van der Waals surface area (Å²) in [6.45, 7) is 13.9. The van der Waals surface area contributed by atoms with Crippen molar-refractivity contribution in [2.45, 2.75) is 45.6 Å². The zero-order valence-electron chi connectivity index (χ0n) is 9.31. The second kappa shape index (κ2) is 4.60. The molecule has 0 saturated heterocycles. The number of carbonyl (C=O) groups excluding carboxylic acids is 1. The van der Waals surface area contributed by atoms with Crippen molar-refractivity contribution in [3.63, 3.8) is 0 Å². The standard InChI is InChI=1S/C10H20O2Si/c1-7-9(13(4,5)6)12-10(11)8(2)3/h9H,2,7H2,1,3-6H3. The number of ether oxygens (including phenoxy) is 1. The van der Waals surface area contributed by atoms with E-state index in [2.05, 4.69) is 33.1 Å². The minimum atomic E-state index is -1.38. The van der Waals surface area contributed by atoms with Crippen molar-refractivity contribution < 1.29 is 9.53 Å². The lowest BCUT2D eigenvalue weighted by atomic mass is 10.4. The Bertz CT molecular complexity index is 203. The van der Waals surface area contributed by atoms with E-state index in [0.29, 0.717) is 5.57 Å². The van der Waals surface area contributed by atoms with Gasteiger partial charge in [0.25, 0.3) is 0 Å². The molecule has 0 fully saturated rings. The van der Waals surface area contributed by atoms with Crippen molar-refractivity contribution in [3.8, 4) is 0 Å². The number of carbonyl (C=O) groups is 1. The third kappa shape index (κ3) is 4.27. The molecule has 0 aromatic heterocycles. The van der Waals surface area contributed by atoms with E-state index in [4.69, 9.17) is 4.74 Å². The summed E-state index contributed by atoms with van der Waals surface area (Å²) in [5, 5.41) is 0. The van der Waals surface area contributed by atoms with Crippen molar-refractivity contribution in [2.75, 3.05) is 0 Å². The lowest BCUT2D eigenvalue weighted by Crippen LogP contribution is -2.41.